The second-order valence-corrected chi connectivity index (χ2v) is 4.60. The van der Waals surface area contributed by atoms with Gasteiger partial charge in [-0.15, -0.1) is 11.8 Å². The van der Waals surface area contributed by atoms with Gasteiger partial charge in [0.1, 0.15) is 0 Å². The fourth-order valence-electron chi connectivity index (χ4n) is 1.60. The normalized spacial score (nSPS) is 10.2. The average Bonchev–Trinajstić information content (AvgIpc) is 2.31. The van der Waals surface area contributed by atoms with Crippen molar-refractivity contribution in [3.63, 3.8) is 0 Å². The second kappa shape index (κ2) is 5.04. The number of rotatable bonds is 3. The van der Waals surface area contributed by atoms with Crippen LogP contribution in [0.1, 0.15) is 6.92 Å². The largest absolute Gasteiger partial charge is 0.126 e. The molecule has 15 heavy (non-hydrogen) atoms. The van der Waals surface area contributed by atoms with E-state index in [0.717, 1.165) is 5.75 Å². The molecule has 0 fully saturated rings. The van der Waals surface area contributed by atoms with E-state index in [4.69, 9.17) is 0 Å². The Hall–Kier alpha value is -1.21. The summed E-state index contributed by atoms with van der Waals surface area (Å²) < 4.78 is 0. The molecule has 0 saturated heterocycles. The minimum absolute atomic E-state index is 1.11. The first kappa shape index (κ1) is 10.3. The molecule has 0 bridgehead atoms. The molecule has 2 rings (SSSR count). The van der Waals surface area contributed by atoms with Crippen molar-refractivity contribution in [2.24, 2.45) is 0 Å². The molecule has 0 aliphatic carbocycles. The SMILES string of the molecule is CCSc1ccccc1-c1ccccc1. The van der Waals surface area contributed by atoms with E-state index in [1.807, 2.05) is 11.8 Å². The Morgan fingerprint density at radius 3 is 2.27 bits per heavy atom. The molecule has 2 aromatic carbocycles. The van der Waals surface area contributed by atoms with Gasteiger partial charge < -0.3 is 0 Å². The van der Waals surface area contributed by atoms with Gasteiger partial charge in [-0.1, -0.05) is 55.5 Å². The molecule has 0 spiro atoms. The van der Waals surface area contributed by atoms with Crippen LogP contribution >= 0.6 is 11.8 Å². The first-order valence-corrected chi connectivity index (χ1v) is 6.17. The molecule has 76 valence electrons. The van der Waals surface area contributed by atoms with Crippen LogP contribution in [-0.4, -0.2) is 5.75 Å². The van der Waals surface area contributed by atoms with Crippen LogP contribution in [0, 0.1) is 0 Å². The highest BCUT2D eigenvalue weighted by atomic mass is 32.2. The van der Waals surface area contributed by atoms with Gasteiger partial charge in [0.2, 0.25) is 0 Å². The summed E-state index contributed by atoms with van der Waals surface area (Å²) in [5.41, 5.74) is 2.64. The molecule has 0 unspecified atom stereocenters. The standard InChI is InChI=1S/C14H14S/c1-2-15-14-11-7-6-10-13(14)12-8-4-3-5-9-12/h3-11H,2H2,1H3. The topological polar surface area (TPSA) is 0 Å². The van der Waals surface area contributed by atoms with Crippen LogP contribution in [0.3, 0.4) is 0 Å². The van der Waals surface area contributed by atoms with Gasteiger partial charge >= 0.3 is 0 Å². The molecule has 0 saturated carbocycles. The number of thioether (sulfide) groups is 1. The van der Waals surface area contributed by atoms with Crippen LogP contribution in [-0.2, 0) is 0 Å². The predicted octanol–water partition coefficient (Wildman–Crippen LogP) is 4.47. The fraction of sp³-hybridized carbons (Fsp3) is 0.143. The number of hydrogen-bond acceptors (Lipinski definition) is 1. The van der Waals surface area contributed by atoms with Crippen LogP contribution in [0.5, 0.6) is 0 Å². The van der Waals surface area contributed by atoms with E-state index in [1.165, 1.54) is 16.0 Å². The predicted molar refractivity (Wildman–Crippen MR) is 68.3 cm³/mol. The minimum atomic E-state index is 1.11. The van der Waals surface area contributed by atoms with Crippen LogP contribution in [0.15, 0.2) is 59.5 Å². The Bertz CT molecular complexity index is 420. The molecule has 1 heteroatoms. The Balaban J connectivity index is 2.43. The maximum atomic E-state index is 2.19. The summed E-state index contributed by atoms with van der Waals surface area (Å²) in [5.74, 6) is 1.11. The van der Waals surface area contributed by atoms with E-state index >= 15 is 0 Å². The second-order valence-electron chi connectivity index (χ2n) is 3.30. The Kier molecular flexibility index (Phi) is 3.46. The summed E-state index contributed by atoms with van der Waals surface area (Å²) in [6, 6.07) is 19.1. The lowest BCUT2D eigenvalue weighted by atomic mass is 10.1. The average molecular weight is 214 g/mol. The molecular formula is C14H14S. The van der Waals surface area contributed by atoms with Crippen molar-refractivity contribution in [1.29, 1.82) is 0 Å². The van der Waals surface area contributed by atoms with Gasteiger partial charge in [0.15, 0.2) is 0 Å². The van der Waals surface area contributed by atoms with Gasteiger partial charge in [0.05, 0.1) is 0 Å². The van der Waals surface area contributed by atoms with Gasteiger partial charge in [-0.2, -0.15) is 0 Å². The molecule has 0 heterocycles. The first-order chi connectivity index (χ1) is 7.42. The first-order valence-electron chi connectivity index (χ1n) is 5.19. The van der Waals surface area contributed by atoms with Gasteiger partial charge in [0, 0.05) is 4.90 Å². The van der Waals surface area contributed by atoms with Crippen molar-refractivity contribution in [3.8, 4) is 11.1 Å². The third-order valence-electron chi connectivity index (χ3n) is 2.27. The Labute approximate surface area is 95.3 Å². The molecule has 0 nitrogen and oxygen atoms in total. The Morgan fingerprint density at radius 2 is 1.53 bits per heavy atom. The van der Waals surface area contributed by atoms with Gasteiger partial charge in [-0.3, -0.25) is 0 Å². The van der Waals surface area contributed by atoms with E-state index in [2.05, 4.69) is 61.5 Å². The number of benzene rings is 2. The van der Waals surface area contributed by atoms with Crippen molar-refractivity contribution in [3.05, 3.63) is 54.6 Å². The zero-order valence-electron chi connectivity index (χ0n) is 8.81. The lowest BCUT2D eigenvalue weighted by Crippen LogP contribution is -1.81. The quantitative estimate of drug-likeness (QED) is 0.679. The van der Waals surface area contributed by atoms with Crippen LogP contribution in [0.4, 0.5) is 0 Å². The van der Waals surface area contributed by atoms with Crippen molar-refractivity contribution < 1.29 is 0 Å². The third-order valence-corrected chi connectivity index (χ3v) is 3.23. The van der Waals surface area contributed by atoms with E-state index < -0.39 is 0 Å². The minimum Gasteiger partial charge on any atom is -0.126 e. The third kappa shape index (κ3) is 2.42. The molecule has 2 aromatic rings. The molecule has 0 aliphatic heterocycles. The van der Waals surface area contributed by atoms with Gasteiger partial charge in [-0.25, -0.2) is 0 Å². The monoisotopic (exact) mass is 214 g/mol. The molecule has 0 atom stereocenters. The van der Waals surface area contributed by atoms with Crippen LogP contribution in [0.2, 0.25) is 0 Å². The van der Waals surface area contributed by atoms with Crippen molar-refractivity contribution >= 4 is 11.8 Å². The van der Waals surface area contributed by atoms with E-state index in [0.29, 0.717) is 0 Å². The van der Waals surface area contributed by atoms with Crippen molar-refractivity contribution in [2.45, 2.75) is 11.8 Å². The lowest BCUT2D eigenvalue weighted by Gasteiger charge is -2.07. The summed E-state index contributed by atoms with van der Waals surface area (Å²) in [6.07, 6.45) is 0. The molecule has 0 amide bonds. The summed E-state index contributed by atoms with van der Waals surface area (Å²) in [6.45, 7) is 2.19. The number of hydrogen-bond donors (Lipinski definition) is 0. The zero-order valence-corrected chi connectivity index (χ0v) is 9.63. The van der Waals surface area contributed by atoms with E-state index in [1.54, 1.807) is 0 Å². The molecule has 0 radical (unpaired) electrons. The van der Waals surface area contributed by atoms with E-state index in [-0.39, 0.29) is 0 Å². The maximum Gasteiger partial charge on any atom is 0.0150 e. The highest BCUT2D eigenvalue weighted by Crippen LogP contribution is 2.30. The van der Waals surface area contributed by atoms with Crippen molar-refractivity contribution in [2.75, 3.05) is 5.75 Å². The summed E-state index contributed by atoms with van der Waals surface area (Å²) >= 11 is 1.90. The molecular weight excluding hydrogens is 200 g/mol. The Morgan fingerprint density at radius 1 is 0.867 bits per heavy atom. The van der Waals surface area contributed by atoms with Crippen molar-refractivity contribution in [1.82, 2.24) is 0 Å². The fourth-order valence-corrected chi connectivity index (χ4v) is 2.43. The highest BCUT2D eigenvalue weighted by molar-refractivity contribution is 7.99. The summed E-state index contributed by atoms with van der Waals surface area (Å²) in [7, 11) is 0. The highest BCUT2D eigenvalue weighted by Gasteiger charge is 2.02. The van der Waals surface area contributed by atoms with Gasteiger partial charge in [0.25, 0.3) is 0 Å². The maximum absolute atomic E-state index is 2.19. The van der Waals surface area contributed by atoms with E-state index in [9.17, 15) is 0 Å². The van der Waals surface area contributed by atoms with Crippen LogP contribution < -0.4 is 0 Å². The molecule has 0 N–H and O–H groups in total. The summed E-state index contributed by atoms with van der Waals surface area (Å²) in [5, 5.41) is 0. The summed E-state index contributed by atoms with van der Waals surface area (Å²) in [4.78, 5) is 1.37. The van der Waals surface area contributed by atoms with Crippen LogP contribution in [0.25, 0.3) is 11.1 Å². The molecule has 0 aliphatic rings. The molecule has 0 aromatic heterocycles. The smallest absolute Gasteiger partial charge is 0.0150 e. The zero-order chi connectivity index (χ0) is 10.5. The van der Waals surface area contributed by atoms with Gasteiger partial charge in [-0.05, 0) is 22.9 Å². The lowest BCUT2D eigenvalue weighted by molar-refractivity contribution is 1.42.